The SMILES string of the molecule is Cc1cocc1Cc1ccccc1. The number of rotatable bonds is 2. The zero-order valence-corrected chi connectivity index (χ0v) is 7.66. The molecule has 0 radical (unpaired) electrons. The van der Waals surface area contributed by atoms with Gasteiger partial charge >= 0.3 is 0 Å². The summed E-state index contributed by atoms with van der Waals surface area (Å²) >= 11 is 0. The zero-order valence-electron chi connectivity index (χ0n) is 7.66. The first-order chi connectivity index (χ1) is 6.36. The van der Waals surface area contributed by atoms with E-state index in [2.05, 4.69) is 31.2 Å². The van der Waals surface area contributed by atoms with Gasteiger partial charge in [0.1, 0.15) is 0 Å². The third kappa shape index (κ3) is 1.81. The lowest BCUT2D eigenvalue weighted by Crippen LogP contribution is -1.86. The molecule has 13 heavy (non-hydrogen) atoms. The van der Waals surface area contributed by atoms with Crippen molar-refractivity contribution in [3.63, 3.8) is 0 Å². The van der Waals surface area contributed by atoms with E-state index in [9.17, 15) is 0 Å². The zero-order chi connectivity index (χ0) is 9.10. The first-order valence-corrected chi connectivity index (χ1v) is 4.42. The Kier molecular flexibility index (Phi) is 2.17. The summed E-state index contributed by atoms with van der Waals surface area (Å²) in [7, 11) is 0. The summed E-state index contributed by atoms with van der Waals surface area (Å²) in [6.45, 7) is 2.07. The van der Waals surface area contributed by atoms with Crippen LogP contribution in [0.4, 0.5) is 0 Å². The predicted octanol–water partition coefficient (Wildman–Crippen LogP) is 3.18. The van der Waals surface area contributed by atoms with Crippen molar-refractivity contribution in [2.24, 2.45) is 0 Å². The van der Waals surface area contributed by atoms with E-state index < -0.39 is 0 Å². The molecule has 1 aromatic carbocycles. The minimum absolute atomic E-state index is 0.961. The number of benzene rings is 1. The van der Waals surface area contributed by atoms with Gasteiger partial charge in [0.2, 0.25) is 0 Å². The fraction of sp³-hybridized carbons (Fsp3) is 0.167. The van der Waals surface area contributed by atoms with E-state index in [0.717, 1.165) is 6.42 Å². The van der Waals surface area contributed by atoms with Crippen LogP contribution in [0.2, 0.25) is 0 Å². The molecule has 0 N–H and O–H groups in total. The molecule has 0 atom stereocenters. The van der Waals surface area contributed by atoms with Crippen molar-refractivity contribution in [2.75, 3.05) is 0 Å². The topological polar surface area (TPSA) is 13.1 Å². The molecule has 0 aliphatic carbocycles. The summed E-state index contributed by atoms with van der Waals surface area (Å²) in [5, 5.41) is 0. The van der Waals surface area contributed by atoms with Gasteiger partial charge in [-0.15, -0.1) is 0 Å². The quantitative estimate of drug-likeness (QED) is 0.678. The molecule has 0 aliphatic rings. The number of furan rings is 1. The summed E-state index contributed by atoms with van der Waals surface area (Å²) in [5.74, 6) is 0. The van der Waals surface area contributed by atoms with Crippen molar-refractivity contribution >= 4 is 0 Å². The summed E-state index contributed by atoms with van der Waals surface area (Å²) in [6, 6.07) is 10.4. The second kappa shape index (κ2) is 3.48. The molecule has 2 aromatic rings. The van der Waals surface area contributed by atoms with Crippen LogP contribution in [0.5, 0.6) is 0 Å². The molecule has 0 saturated carbocycles. The molecule has 1 heterocycles. The van der Waals surface area contributed by atoms with Crippen LogP contribution in [0.1, 0.15) is 16.7 Å². The van der Waals surface area contributed by atoms with E-state index in [1.807, 2.05) is 12.3 Å². The smallest absolute Gasteiger partial charge is 0.0940 e. The Labute approximate surface area is 78.0 Å². The first-order valence-electron chi connectivity index (χ1n) is 4.42. The van der Waals surface area contributed by atoms with Crippen molar-refractivity contribution in [3.05, 3.63) is 59.5 Å². The molecule has 1 nitrogen and oxygen atoms in total. The van der Waals surface area contributed by atoms with Gasteiger partial charge < -0.3 is 4.42 Å². The van der Waals surface area contributed by atoms with Gasteiger partial charge in [-0.05, 0) is 23.6 Å². The van der Waals surface area contributed by atoms with Gasteiger partial charge in [0.25, 0.3) is 0 Å². The summed E-state index contributed by atoms with van der Waals surface area (Å²) in [4.78, 5) is 0. The summed E-state index contributed by atoms with van der Waals surface area (Å²) in [5.41, 5.74) is 3.82. The Balaban J connectivity index is 2.20. The largest absolute Gasteiger partial charge is 0.472 e. The van der Waals surface area contributed by atoms with Gasteiger partial charge in [0, 0.05) is 6.42 Å². The van der Waals surface area contributed by atoms with Crippen LogP contribution in [0.15, 0.2) is 47.3 Å². The van der Waals surface area contributed by atoms with Gasteiger partial charge in [0.05, 0.1) is 12.5 Å². The van der Waals surface area contributed by atoms with Crippen LogP contribution in [-0.2, 0) is 6.42 Å². The lowest BCUT2D eigenvalue weighted by Gasteiger charge is -1.98. The van der Waals surface area contributed by atoms with E-state index in [1.54, 1.807) is 6.26 Å². The highest BCUT2D eigenvalue weighted by molar-refractivity contribution is 5.27. The van der Waals surface area contributed by atoms with E-state index >= 15 is 0 Å². The normalized spacial score (nSPS) is 10.2. The minimum Gasteiger partial charge on any atom is -0.472 e. The van der Waals surface area contributed by atoms with Crippen LogP contribution in [-0.4, -0.2) is 0 Å². The molecule has 0 unspecified atom stereocenters. The lowest BCUT2D eigenvalue weighted by atomic mass is 10.1. The molecule has 66 valence electrons. The fourth-order valence-corrected chi connectivity index (χ4v) is 1.38. The Morgan fingerprint density at radius 3 is 2.46 bits per heavy atom. The first kappa shape index (κ1) is 8.11. The average molecular weight is 172 g/mol. The molecule has 2 rings (SSSR count). The summed E-state index contributed by atoms with van der Waals surface area (Å²) < 4.78 is 5.12. The third-order valence-electron chi connectivity index (χ3n) is 2.20. The van der Waals surface area contributed by atoms with Crippen molar-refractivity contribution in [2.45, 2.75) is 13.3 Å². The second-order valence-corrected chi connectivity index (χ2v) is 3.24. The Bertz CT molecular complexity index is 373. The van der Waals surface area contributed by atoms with Crippen molar-refractivity contribution in [3.8, 4) is 0 Å². The van der Waals surface area contributed by atoms with Crippen molar-refractivity contribution in [1.82, 2.24) is 0 Å². The molecule has 0 amide bonds. The molecule has 0 fully saturated rings. The minimum atomic E-state index is 0.961. The molecular weight excluding hydrogens is 160 g/mol. The number of hydrogen-bond acceptors (Lipinski definition) is 1. The lowest BCUT2D eigenvalue weighted by molar-refractivity contribution is 0.563. The van der Waals surface area contributed by atoms with E-state index in [0.29, 0.717) is 0 Å². The standard InChI is InChI=1S/C12H12O/c1-10-8-13-9-12(10)7-11-5-3-2-4-6-11/h2-6,8-9H,7H2,1H3. The number of hydrogen-bond donors (Lipinski definition) is 0. The predicted molar refractivity (Wildman–Crippen MR) is 52.7 cm³/mol. The Morgan fingerprint density at radius 1 is 1.08 bits per heavy atom. The van der Waals surface area contributed by atoms with Crippen LogP contribution < -0.4 is 0 Å². The molecule has 1 aromatic heterocycles. The van der Waals surface area contributed by atoms with Gasteiger partial charge in [-0.3, -0.25) is 0 Å². The highest BCUT2D eigenvalue weighted by Gasteiger charge is 2.00. The van der Waals surface area contributed by atoms with Gasteiger partial charge in [0.15, 0.2) is 0 Å². The Hall–Kier alpha value is -1.50. The molecular formula is C12H12O. The van der Waals surface area contributed by atoms with E-state index in [4.69, 9.17) is 4.42 Å². The van der Waals surface area contributed by atoms with E-state index in [1.165, 1.54) is 16.7 Å². The van der Waals surface area contributed by atoms with Crippen LogP contribution in [0.3, 0.4) is 0 Å². The molecule has 0 saturated heterocycles. The highest BCUT2D eigenvalue weighted by Crippen LogP contribution is 2.13. The average Bonchev–Trinajstić information content (AvgIpc) is 2.54. The van der Waals surface area contributed by atoms with Gasteiger partial charge in [-0.2, -0.15) is 0 Å². The maximum Gasteiger partial charge on any atom is 0.0940 e. The molecule has 0 aliphatic heterocycles. The fourth-order valence-electron chi connectivity index (χ4n) is 1.38. The van der Waals surface area contributed by atoms with Crippen LogP contribution >= 0.6 is 0 Å². The molecule has 0 spiro atoms. The van der Waals surface area contributed by atoms with Crippen LogP contribution in [0, 0.1) is 6.92 Å². The highest BCUT2D eigenvalue weighted by atomic mass is 16.3. The maximum atomic E-state index is 5.12. The number of aryl methyl sites for hydroxylation is 1. The summed E-state index contributed by atoms with van der Waals surface area (Å²) in [6.07, 6.45) is 4.57. The monoisotopic (exact) mass is 172 g/mol. The van der Waals surface area contributed by atoms with Crippen LogP contribution in [0.25, 0.3) is 0 Å². The van der Waals surface area contributed by atoms with Crippen molar-refractivity contribution < 1.29 is 4.42 Å². The van der Waals surface area contributed by atoms with Crippen molar-refractivity contribution in [1.29, 1.82) is 0 Å². The van der Waals surface area contributed by atoms with E-state index in [-0.39, 0.29) is 0 Å². The van der Waals surface area contributed by atoms with Gasteiger partial charge in [-0.1, -0.05) is 30.3 Å². The third-order valence-corrected chi connectivity index (χ3v) is 2.20. The maximum absolute atomic E-state index is 5.12. The second-order valence-electron chi connectivity index (χ2n) is 3.24. The Morgan fingerprint density at radius 2 is 1.85 bits per heavy atom. The van der Waals surface area contributed by atoms with Gasteiger partial charge in [-0.25, -0.2) is 0 Å². The molecule has 1 heteroatoms. The molecule has 0 bridgehead atoms.